The summed E-state index contributed by atoms with van der Waals surface area (Å²) >= 11 is 0. The van der Waals surface area contributed by atoms with E-state index in [1.165, 1.54) is 22.3 Å². The number of ether oxygens (including phenoxy) is 1. The molecule has 1 aliphatic rings. The average molecular weight is 365 g/mol. The van der Waals surface area contributed by atoms with Crippen molar-refractivity contribution in [3.63, 3.8) is 0 Å². The third kappa shape index (κ3) is 3.31. The standard InChI is InChI=1S/C25H32O2/c1-14-10-11-18(16(3)15(14)2)21-19-12-17(24(4,5)6)13-20(25(7,8)9)22(19)27-23(21)26/h10-13,21H,1-9H3. The van der Waals surface area contributed by atoms with E-state index in [-0.39, 0.29) is 22.7 Å². The van der Waals surface area contributed by atoms with Gasteiger partial charge in [-0.25, -0.2) is 0 Å². The highest BCUT2D eigenvalue weighted by molar-refractivity contribution is 5.91. The van der Waals surface area contributed by atoms with E-state index in [9.17, 15) is 4.79 Å². The Balaban J connectivity index is 2.30. The van der Waals surface area contributed by atoms with Crippen LogP contribution >= 0.6 is 0 Å². The second-order valence-corrected chi connectivity index (χ2v) is 10.0. The Labute approximate surface area is 164 Å². The molecule has 2 aromatic carbocycles. The molecule has 0 amide bonds. The second-order valence-electron chi connectivity index (χ2n) is 10.0. The summed E-state index contributed by atoms with van der Waals surface area (Å²) < 4.78 is 5.89. The lowest BCUT2D eigenvalue weighted by atomic mass is 9.76. The first-order valence-electron chi connectivity index (χ1n) is 9.79. The van der Waals surface area contributed by atoms with E-state index < -0.39 is 0 Å². The Bertz CT molecular complexity index is 921. The summed E-state index contributed by atoms with van der Waals surface area (Å²) in [5.41, 5.74) is 8.03. The van der Waals surface area contributed by atoms with Crippen LogP contribution in [0.2, 0.25) is 0 Å². The lowest BCUT2D eigenvalue weighted by Crippen LogP contribution is -2.17. The minimum Gasteiger partial charge on any atom is -0.425 e. The number of hydrogen-bond acceptors (Lipinski definition) is 2. The first-order valence-corrected chi connectivity index (χ1v) is 9.79. The quantitative estimate of drug-likeness (QED) is 0.441. The zero-order chi connectivity index (χ0) is 20.3. The fourth-order valence-electron chi connectivity index (χ4n) is 3.84. The molecule has 2 heteroatoms. The van der Waals surface area contributed by atoms with E-state index in [4.69, 9.17) is 4.74 Å². The average Bonchev–Trinajstić information content (AvgIpc) is 2.86. The minimum atomic E-state index is -0.345. The van der Waals surface area contributed by atoms with Crippen LogP contribution in [0.5, 0.6) is 5.75 Å². The zero-order valence-corrected chi connectivity index (χ0v) is 18.2. The predicted octanol–water partition coefficient (Wildman–Crippen LogP) is 6.26. The topological polar surface area (TPSA) is 26.3 Å². The smallest absolute Gasteiger partial charge is 0.323 e. The van der Waals surface area contributed by atoms with Gasteiger partial charge in [-0.1, -0.05) is 65.8 Å². The summed E-state index contributed by atoms with van der Waals surface area (Å²) in [5.74, 6) is 0.263. The third-order valence-electron chi connectivity index (χ3n) is 5.95. The summed E-state index contributed by atoms with van der Waals surface area (Å²) in [6, 6.07) is 8.62. The molecule has 0 fully saturated rings. The molecule has 1 unspecified atom stereocenters. The Morgan fingerprint density at radius 3 is 2.00 bits per heavy atom. The van der Waals surface area contributed by atoms with Gasteiger partial charge in [-0.05, 0) is 59.4 Å². The lowest BCUT2D eigenvalue weighted by molar-refractivity contribution is -0.133. The maximum Gasteiger partial charge on any atom is 0.323 e. The molecule has 2 nitrogen and oxygen atoms in total. The van der Waals surface area contributed by atoms with Crippen LogP contribution in [0, 0.1) is 20.8 Å². The van der Waals surface area contributed by atoms with Gasteiger partial charge in [0.1, 0.15) is 11.7 Å². The van der Waals surface area contributed by atoms with Crippen LogP contribution in [-0.4, -0.2) is 5.97 Å². The van der Waals surface area contributed by atoms with E-state index >= 15 is 0 Å². The van der Waals surface area contributed by atoms with Gasteiger partial charge < -0.3 is 4.74 Å². The number of carbonyl (C=O) groups excluding carboxylic acids is 1. The SMILES string of the molecule is Cc1ccc(C2C(=O)Oc3c2cc(C(C)(C)C)cc3C(C)(C)C)c(C)c1C. The first-order chi connectivity index (χ1) is 12.3. The molecule has 1 aliphatic heterocycles. The molecular formula is C25H32O2. The highest BCUT2D eigenvalue weighted by atomic mass is 16.5. The molecule has 27 heavy (non-hydrogen) atoms. The van der Waals surface area contributed by atoms with Crippen LogP contribution < -0.4 is 4.74 Å². The van der Waals surface area contributed by atoms with Crippen LogP contribution in [0.4, 0.5) is 0 Å². The molecule has 0 aliphatic carbocycles. The summed E-state index contributed by atoms with van der Waals surface area (Å²) in [5, 5.41) is 0. The molecule has 3 rings (SSSR count). The Kier molecular flexibility index (Phi) is 4.53. The van der Waals surface area contributed by atoms with Crippen LogP contribution in [0.15, 0.2) is 24.3 Å². The molecular weight excluding hydrogens is 332 g/mol. The van der Waals surface area contributed by atoms with Crippen LogP contribution in [-0.2, 0) is 15.6 Å². The molecule has 0 N–H and O–H groups in total. The van der Waals surface area contributed by atoms with E-state index in [1.54, 1.807) is 0 Å². The number of fused-ring (bicyclic) bond motifs is 1. The van der Waals surface area contributed by atoms with Crippen molar-refractivity contribution in [2.45, 2.75) is 79.1 Å². The van der Waals surface area contributed by atoms with Crippen molar-refractivity contribution in [3.05, 3.63) is 63.2 Å². The lowest BCUT2D eigenvalue weighted by Gasteiger charge is -2.27. The van der Waals surface area contributed by atoms with Gasteiger partial charge in [0.2, 0.25) is 0 Å². The maximum absolute atomic E-state index is 13.0. The van der Waals surface area contributed by atoms with E-state index in [2.05, 4.69) is 86.6 Å². The summed E-state index contributed by atoms with van der Waals surface area (Å²) in [4.78, 5) is 13.0. The molecule has 2 aromatic rings. The van der Waals surface area contributed by atoms with Gasteiger partial charge in [0.15, 0.2) is 0 Å². The van der Waals surface area contributed by atoms with Crippen molar-refractivity contribution in [1.29, 1.82) is 0 Å². The highest BCUT2D eigenvalue weighted by Crippen LogP contribution is 2.48. The van der Waals surface area contributed by atoms with Gasteiger partial charge in [0, 0.05) is 11.1 Å². The highest BCUT2D eigenvalue weighted by Gasteiger charge is 2.40. The van der Waals surface area contributed by atoms with E-state index in [0.717, 1.165) is 22.4 Å². The largest absolute Gasteiger partial charge is 0.425 e. The number of rotatable bonds is 1. The van der Waals surface area contributed by atoms with Gasteiger partial charge in [-0.15, -0.1) is 0 Å². The van der Waals surface area contributed by atoms with E-state index in [0.29, 0.717) is 0 Å². The Hall–Kier alpha value is -2.09. The number of esters is 1. The summed E-state index contributed by atoms with van der Waals surface area (Å²) in [6.07, 6.45) is 0. The van der Waals surface area contributed by atoms with Crippen LogP contribution in [0.1, 0.15) is 86.4 Å². The molecule has 0 aromatic heterocycles. The number of hydrogen-bond donors (Lipinski definition) is 0. The van der Waals surface area contributed by atoms with E-state index in [1.807, 2.05) is 0 Å². The molecule has 0 radical (unpaired) electrons. The number of aryl methyl sites for hydroxylation is 1. The molecule has 0 spiro atoms. The molecule has 0 bridgehead atoms. The zero-order valence-electron chi connectivity index (χ0n) is 18.2. The minimum absolute atomic E-state index is 0.00343. The first kappa shape index (κ1) is 19.7. The Morgan fingerprint density at radius 2 is 1.44 bits per heavy atom. The predicted molar refractivity (Wildman–Crippen MR) is 112 cm³/mol. The van der Waals surface area contributed by atoms with Gasteiger partial charge in [-0.3, -0.25) is 4.79 Å². The van der Waals surface area contributed by atoms with Gasteiger partial charge >= 0.3 is 5.97 Å². The van der Waals surface area contributed by atoms with Crippen molar-refractivity contribution < 1.29 is 9.53 Å². The van der Waals surface area contributed by atoms with Crippen molar-refractivity contribution in [2.75, 3.05) is 0 Å². The molecule has 0 saturated carbocycles. The molecule has 0 saturated heterocycles. The van der Waals surface area contributed by atoms with Gasteiger partial charge in [0.05, 0.1) is 0 Å². The molecule has 144 valence electrons. The summed E-state index contributed by atoms with van der Waals surface area (Å²) in [6.45, 7) is 19.5. The summed E-state index contributed by atoms with van der Waals surface area (Å²) in [7, 11) is 0. The van der Waals surface area contributed by atoms with Crippen LogP contribution in [0.25, 0.3) is 0 Å². The number of benzene rings is 2. The van der Waals surface area contributed by atoms with Crippen molar-refractivity contribution in [1.82, 2.24) is 0 Å². The number of carbonyl (C=O) groups is 1. The van der Waals surface area contributed by atoms with Gasteiger partial charge in [0.25, 0.3) is 0 Å². The molecule has 1 atom stereocenters. The van der Waals surface area contributed by atoms with Gasteiger partial charge in [-0.2, -0.15) is 0 Å². The fourth-order valence-corrected chi connectivity index (χ4v) is 3.84. The fraction of sp³-hybridized carbons (Fsp3) is 0.480. The van der Waals surface area contributed by atoms with Crippen molar-refractivity contribution in [2.24, 2.45) is 0 Å². The van der Waals surface area contributed by atoms with Crippen molar-refractivity contribution in [3.8, 4) is 5.75 Å². The van der Waals surface area contributed by atoms with Crippen LogP contribution in [0.3, 0.4) is 0 Å². The molecule has 1 heterocycles. The normalized spacial score (nSPS) is 17.1. The second kappa shape index (κ2) is 6.22. The third-order valence-corrected chi connectivity index (χ3v) is 5.95. The maximum atomic E-state index is 13.0. The Morgan fingerprint density at radius 1 is 0.815 bits per heavy atom. The monoisotopic (exact) mass is 364 g/mol. The van der Waals surface area contributed by atoms with Crippen molar-refractivity contribution >= 4 is 5.97 Å².